The Morgan fingerprint density at radius 1 is 1.24 bits per heavy atom. The van der Waals surface area contributed by atoms with E-state index in [1.54, 1.807) is 30.5 Å². The fourth-order valence-electron chi connectivity index (χ4n) is 3.59. The largest absolute Gasteiger partial charge is 0.390 e. The van der Waals surface area contributed by atoms with Crippen molar-refractivity contribution in [3.63, 3.8) is 0 Å². The Hall–Kier alpha value is -1.99. The fourth-order valence-corrected chi connectivity index (χ4v) is 5.32. The van der Waals surface area contributed by atoms with Crippen LogP contribution in [0.4, 0.5) is 5.82 Å². The van der Waals surface area contributed by atoms with Gasteiger partial charge >= 0.3 is 0 Å². The number of halogens is 1. The summed E-state index contributed by atoms with van der Waals surface area (Å²) < 4.78 is 27.8. The standard InChI is InChI=1S/C20H21BrN4O3S/c21-15-2-4-16(5-3-15)29(27,28)25-10-7-17(18(26)12-25)24-19-6-1-14(11-23-19)20(13-22)8-9-20/h1-6,11,17-18,26H,7-10,12H2,(H,23,24)/t17-,18+/m1/s1. The monoisotopic (exact) mass is 476 g/mol. The number of β-amino-alcohol motifs (C(OH)–C–C–N with tert-alkyl or cyclic N) is 1. The fraction of sp³-hybridized carbons (Fsp3) is 0.400. The van der Waals surface area contributed by atoms with E-state index in [2.05, 4.69) is 32.3 Å². The lowest BCUT2D eigenvalue weighted by Gasteiger charge is -2.35. The van der Waals surface area contributed by atoms with Crippen LogP contribution < -0.4 is 5.32 Å². The van der Waals surface area contributed by atoms with Crippen LogP contribution in [0, 0.1) is 11.3 Å². The third kappa shape index (κ3) is 4.03. The van der Waals surface area contributed by atoms with Gasteiger partial charge in [-0.2, -0.15) is 9.57 Å². The molecule has 2 N–H and O–H groups in total. The van der Waals surface area contributed by atoms with Gasteiger partial charge in [0, 0.05) is 23.8 Å². The summed E-state index contributed by atoms with van der Waals surface area (Å²) in [5, 5.41) is 23.0. The zero-order chi connectivity index (χ0) is 20.6. The number of piperidine rings is 1. The Bertz CT molecular complexity index is 1030. The van der Waals surface area contributed by atoms with Gasteiger partial charge in [-0.3, -0.25) is 0 Å². The minimum Gasteiger partial charge on any atom is -0.390 e. The summed E-state index contributed by atoms with van der Waals surface area (Å²) >= 11 is 3.30. The third-order valence-corrected chi connectivity index (χ3v) is 8.02. The van der Waals surface area contributed by atoms with Crippen molar-refractivity contribution in [2.75, 3.05) is 18.4 Å². The number of aliphatic hydroxyl groups excluding tert-OH is 1. The molecule has 0 amide bonds. The molecule has 1 aromatic carbocycles. The maximum atomic E-state index is 12.8. The molecular weight excluding hydrogens is 456 g/mol. The van der Waals surface area contributed by atoms with Gasteiger partial charge in [0.05, 0.1) is 28.5 Å². The van der Waals surface area contributed by atoms with Crippen LogP contribution in [-0.4, -0.2) is 48.0 Å². The smallest absolute Gasteiger partial charge is 0.243 e. The highest BCUT2D eigenvalue weighted by Gasteiger charge is 2.45. The Labute approximate surface area is 178 Å². The topological polar surface area (TPSA) is 106 Å². The van der Waals surface area contributed by atoms with E-state index in [-0.39, 0.29) is 22.9 Å². The number of anilines is 1. The number of nitriles is 1. The molecule has 2 aliphatic rings. The number of hydrogen-bond acceptors (Lipinski definition) is 6. The highest BCUT2D eigenvalue weighted by Crippen LogP contribution is 2.47. The van der Waals surface area contributed by atoms with Crippen LogP contribution in [0.15, 0.2) is 52.0 Å². The quantitative estimate of drug-likeness (QED) is 0.686. The van der Waals surface area contributed by atoms with E-state index < -0.39 is 16.1 Å². The number of benzene rings is 1. The molecule has 2 atom stereocenters. The predicted octanol–water partition coefficient (Wildman–Crippen LogP) is 2.64. The van der Waals surface area contributed by atoms with E-state index in [1.807, 2.05) is 12.1 Å². The molecule has 7 nitrogen and oxygen atoms in total. The summed E-state index contributed by atoms with van der Waals surface area (Å²) in [6.07, 6.45) is 3.04. The van der Waals surface area contributed by atoms with E-state index in [0.29, 0.717) is 18.8 Å². The molecule has 2 aromatic rings. The molecule has 2 fully saturated rings. The lowest BCUT2D eigenvalue weighted by atomic mass is 10.00. The number of nitrogens with zero attached hydrogens (tertiary/aromatic N) is 3. The van der Waals surface area contributed by atoms with Crippen LogP contribution in [-0.2, 0) is 15.4 Å². The number of pyridine rings is 1. The molecule has 1 aromatic heterocycles. The second-order valence-corrected chi connectivity index (χ2v) is 10.4. The minimum atomic E-state index is -3.65. The van der Waals surface area contributed by atoms with Crippen LogP contribution >= 0.6 is 15.9 Å². The minimum absolute atomic E-state index is 0.0195. The Balaban J connectivity index is 1.40. The second-order valence-electron chi connectivity index (χ2n) is 7.55. The van der Waals surface area contributed by atoms with Crippen molar-refractivity contribution >= 4 is 31.8 Å². The molecule has 0 bridgehead atoms. The lowest BCUT2D eigenvalue weighted by molar-refractivity contribution is 0.0949. The maximum Gasteiger partial charge on any atom is 0.243 e. The first-order valence-electron chi connectivity index (χ1n) is 9.42. The molecular formula is C20H21BrN4O3S. The molecule has 0 spiro atoms. The molecule has 9 heteroatoms. The normalized spacial score (nSPS) is 23.9. The van der Waals surface area contributed by atoms with E-state index in [1.165, 1.54) is 4.31 Å². The van der Waals surface area contributed by atoms with Crippen molar-refractivity contribution in [3.05, 3.63) is 52.6 Å². The van der Waals surface area contributed by atoms with Crippen molar-refractivity contribution < 1.29 is 13.5 Å². The molecule has 1 saturated heterocycles. The molecule has 0 unspecified atom stereocenters. The Morgan fingerprint density at radius 2 is 1.97 bits per heavy atom. The maximum absolute atomic E-state index is 12.8. The SMILES string of the molecule is N#CC1(c2ccc(N[C@@H]3CCN(S(=O)(=O)c4ccc(Br)cc4)C[C@@H]3O)nc2)CC1. The molecule has 2 heterocycles. The number of hydrogen-bond donors (Lipinski definition) is 2. The molecule has 152 valence electrons. The summed E-state index contributed by atoms with van der Waals surface area (Å²) in [5.74, 6) is 0.607. The van der Waals surface area contributed by atoms with Gasteiger partial charge in [-0.1, -0.05) is 22.0 Å². The average molecular weight is 477 g/mol. The van der Waals surface area contributed by atoms with Gasteiger partial charge < -0.3 is 10.4 Å². The van der Waals surface area contributed by atoms with Crippen LogP contribution in [0.5, 0.6) is 0 Å². The van der Waals surface area contributed by atoms with Crippen molar-refractivity contribution in [1.29, 1.82) is 5.26 Å². The zero-order valence-corrected chi connectivity index (χ0v) is 18.0. The van der Waals surface area contributed by atoms with Gasteiger partial charge in [0.15, 0.2) is 0 Å². The first-order chi connectivity index (χ1) is 13.8. The molecule has 29 heavy (non-hydrogen) atoms. The first kappa shape index (κ1) is 20.3. The lowest BCUT2D eigenvalue weighted by Crippen LogP contribution is -2.51. The van der Waals surface area contributed by atoms with Crippen LogP contribution in [0.25, 0.3) is 0 Å². The zero-order valence-electron chi connectivity index (χ0n) is 15.6. The van der Waals surface area contributed by atoms with Gasteiger partial charge in [0.2, 0.25) is 10.0 Å². The van der Waals surface area contributed by atoms with Crippen molar-refractivity contribution in [2.45, 2.75) is 41.7 Å². The van der Waals surface area contributed by atoms with Crippen molar-refractivity contribution in [3.8, 4) is 6.07 Å². The molecule has 4 rings (SSSR count). The highest BCUT2D eigenvalue weighted by molar-refractivity contribution is 9.10. The van der Waals surface area contributed by atoms with Crippen molar-refractivity contribution in [2.24, 2.45) is 0 Å². The Kier molecular flexibility index (Phi) is 5.38. The van der Waals surface area contributed by atoms with Gasteiger partial charge in [0.1, 0.15) is 5.82 Å². The summed E-state index contributed by atoms with van der Waals surface area (Å²) in [7, 11) is -3.65. The summed E-state index contributed by atoms with van der Waals surface area (Å²) in [6, 6.07) is 12.2. The number of rotatable bonds is 5. The van der Waals surface area contributed by atoms with Gasteiger partial charge in [-0.25, -0.2) is 13.4 Å². The predicted molar refractivity (Wildman–Crippen MR) is 112 cm³/mol. The van der Waals surface area contributed by atoms with E-state index >= 15 is 0 Å². The van der Waals surface area contributed by atoms with E-state index in [9.17, 15) is 18.8 Å². The summed E-state index contributed by atoms with van der Waals surface area (Å²) in [5.41, 5.74) is 0.541. The van der Waals surface area contributed by atoms with E-state index in [4.69, 9.17) is 0 Å². The van der Waals surface area contributed by atoms with Crippen molar-refractivity contribution in [1.82, 2.24) is 9.29 Å². The molecule has 1 saturated carbocycles. The number of aromatic nitrogens is 1. The second kappa shape index (κ2) is 7.69. The van der Waals surface area contributed by atoms with Gasteiger partial charge in [0.25, 0.3) is 0 Å². The van der Waals surface area contributed by atoms with Crippen LogP contribution in [0.3, 0.4) is 0 Å². The Morgan fingerprint density at radius 3 is 2.52 bits per heavy atom. The average Bonchev–Trinajstić information content (AvgIpc) is 3.52. The van der Waals surface area contributed by atoms with Gasteiger partial charge in [-0.15, -0.1) is 0 Å². The van der Waals surface area contributed by atoms with E-state index in [0.717, 1.165) is 22.9 Å². The van der Waals surface area contributed by atoms with Crippen LogP contribution in [0.1, 0.15) is 24.8 Å². The molecule has 1 aliphatic heterocycles. The molecule has 0 radical (unpaired) electrons. The number of aliphatic hydroxyl groups is 1. The third-order valence-electron chi connectivity index (χ3n) is 5.61. The number of nitrogens with one attached hydrogen (secondary N) is 1. The van der Waals surface area contributed by atoms with Crippen LogP contribution in [0.2, 0.25) is 0 Å². The summed E-state index contributed by atoms with van der Waals surface area (Å²) in [4.78, 5) is 4.59. The first-order valence-corrected chi connectivity index (χ1v) is 11.7. The summed E-state index contributed by atoms with van der Waals surface area (Å²) in [6.45, 7) is 0.328. The highest BCUT2D eigenvalue weighted by atomic mass is 79.9. The molecule has 1 aliphatic carbocycles. The van der Waals surface area contributed by atoms with Gasteiger partial charge in [-0.05, 0) is 55.2 Å². The number of sulfonamides is 1.